The highest BCUT2D eigenvalue weighted by Gasteiger charge is 2.39. The van der Waals surface area contributed by atoms with Crippen molar-refractivity contribution in [2.45, 2.75) is 25.7 Å². The number of carbonyl (C=O) groups is 1. The summed E-state index contributed by atoms with van der Waals surface area (Å²) >= 11 is 0. The maximum Gasteiger partial charge on any atom is 0.246 e. The van der Waals surface area contributed by atoms with Crippen LogP contribution in [0.25, 0.3) is 0 Å². The molecule has 1 aromatic rings. The van der Waals surface area contributed by atoms with Crippen molar-refractivity contribution in [1.82, 2.24) is 4.68 Å². The predicted octanol–water partition coefficient (Wildman–Crippen LogP) is 1.08. The summed E-state index contributed by atoms with van der Waals surface area (Å²) in [5.41, 5.74) is 8.25. The number of aromatic nitrogens is 1. The molecule has 0 aromatic carbocycles. The Kier molecular flexibility index (Phi) is 2.77. The van der Waals surface area contributed by atoms with Crippen LogP contribution in [0.3, 0.4) is 0 Å². The number of hydrogen-bond donors (Lipinski definition) is 2. The van der Waals surface area contributed by atoms with Crippen LogP contribution in [0.2, 0.25) is 0 Å². The molecule has 15 heavy (non-hydrogen) atoms. The molecule has 1 heterocycles. The Balaban J connectivity index is 2.06. The molecule has 0 spiro atoms. The van der Waals surface area contributed by atoms with Crippen LogP contribution in [0.15, 0.2) is 24.5 Å². The van der Waals surface area contributed by atoms with Gasteiger partial charge in [0, 0.05) is 18.9 Å². The zero-order valence-electron chi connectivity index (χ0n) is 8.78. The monoisotopic (exact) mass is 207 g/mol. The van der Waals surface area contributed by atoms with Crippen LogP contribution in [-0.4, -0.2) is 17.1 Å². The lowest BCUT2D eigenvalue weighted by molar-refractivity contribution is -0.125. The lowest BCUT2D eigenvalue weighted by Crippen LogP contribution is -2.42. The minimum atomic E-state index is -0.329. The molecule has 4 heteroatoms. The van der Waals surface area contributed by atoms with Gasteiger partial charge in [-0.3, -0.25) is 14.9 Å². The summed E-state index contributed by atoms with van der Waals surface area (Å²) < 4.78 is 1.68. The fraction of sp³-hybridized carbons (Fsp3) is 0.545. The first-order valence-corrected chi connectivity index (χ1v) is 5.41. The van der Waals surface area contributed by atoms with E-state index >= 15 is 0 Å². The standard InChI is InChI=1S/C11H17N3O/c12-9-11(5-1-2-6-11)10(15)13-14-7-3-4-8-14/h3-4,7-8H,1-2,5-6,9,12H2,(H,13,15). The Morgan fingerprint density at radius 3 is 2.47 bits per heavy atom. The molecule has 1 amide bonds. The maximum atomic E-state index is 12.1. The average molecular weight is 207 g/mol. The first-order valence-electron chi connectivity index (χ1n) is 5.41. The van der Waals surface area contributed by atoms with Gasteiger partial charge in [0.2, 0.25) is 5.91 Å². The average Bonchev–Trinajstić information content (AvgIpc) is 2.87. The zero-order chi connectivity index (χ0) is 10.7. The highest BCUT2D eigenvalue weighted by atomic mass is 16.2. The Morgan fingerprint density at radius 2 is 1.93 bits per heavy atom. The third-order valence-corrected chi connectivity index (χ3v) is 3.27. The van der Waals surface area contributed by atoms with Gasteiger partial charge in [-0.15, -0.1) is 0 Å². The molecule has 2 rings (SSSR count). The molecule has 1 fully saturated rings. The van der Waals surface area contributed by atoms with Crippen molar-refractivity contribution in [2.75, 3.05) is 12.0 Å². The van der Waals surface area contributed by atoms with Crippen LogP contribution in [-0.2, 0) is 4.79 Å². The number of rotatable bonds is 3. The molecule has 1 aliphatic rings. The van der Waals surface area contributed by atoms with E-state index in [0.717, 1.165) is 25.7 Å². The molecular weight excluding hydrogens is 190 g/mol. The van der Waals surface area contributed by atoms with E-state index in [-0.39, 0.29) is 11.3 Å². The largest absolute Gasteiger partial charge is 0.329 e. The summed E-state index contributed by atoms with van der Waals surface area (Å²) in [6, 6.07) is 3.76. The summed E-state index contributed by atoms with van der Waals surface area (Å²) in [5.74, 6) is 0.0544. The van der Waals surface area contributed by atoms with Crippen LogP contribution in [0.1, 0.15) is 25.7 Å². The lowest BCUT2D eigenvalue weighted by atomic mass is 9.85. The van der Waals surface area contributed by atoms with Crippen molar-refractivity contribution < 1.29 is 4.79 Å². The van der Waals surface area contributed by atoms with E-state index in [9.17, 15) is 4.79 Å². The number of carbonyl (C=O) groups excluding carboxylic acids is 1. The van der Waals surface area contributed by atoms with E-state index in [4.69, 9.17) is 5.73 Å². The number of hydrogen-bond acceptors (Lipinski definition) is 2. The topological polar surface area (TPSA) is 60.1 Å². The van der Waals surface area contributed by atoms with Crippen LogP contribution in [0.4, 0.5) is 0 Å². The summed E-state index contributed by atoms with van der Waals surface area (Å²) in [7, 11) is 0. The van der Waals surface area contributed by atoms with Gasteiger partial charge in [-0.2, -0.15) is 0 Å². The van der Waals surface area contributed by atoms with Crippen LogP contribution in [0, 0.1) is 5.41 Å². The van der Waals surface area contributed by atoms with Gasteiger partial charge in [0.15, 0.2) is 0 Å². The maximum absolute atomic E-state index is 12.1. The minimum Gasteiger partial charge on any atom is -0.329 e. The van der Waals surface area contributed by atoms with E-state index in [1.54, 1.807) is 4.68 Å². The molecular formula is C11H17N3O. The zero-order valence-corrected chi connectivity index (χ0v) is 8.78. The van der Waals surface area contributed by atoms with E-state index in [1.807, 2.05) is 24.5 Å². The highest BCUT2D eigenvalue weighted by Crippen LogP contribution is 2.37. The van der Waals surface area contributed by atoms with E-state index in [2.05, 4.69) is 5.43 Å². The fourth-order valence-electron chi connectivity index (χ4n) is 2.22. The highest BCUT2D eigenvalue weighted by molar-refractivity contribution is 5.89. The smallest absolute Gasteiger partial charge is 0.246 e. The van der Waals surface area contributed by atoms with E-state index < -0.39 is 0 Å². The van der Waals surface area contributed by atoms with Crippen molar-refractivity contribution in [3.8, 4) is 0 Å². The number of nitrogens with zero attached hydrogens (tertiary/aromatic N) is 1. The third-order valence-electron chi connectivity index (χ3n) is 3.27. The molecule has 0 saturated heterocycles. The van der Waals surface area contributed by atoms with E-state index in [1.165, 1.54) is 0 Å². The molecule has 0 unspecified atom stereocenters. The lowest BCUT2D eigenvalue weighted by Gasteiger charge is -2.25. The quantitative estimate of drug-likeness (QED) is 0.779. The fourth-order valence-corrected chi connectivity index (χ4v) is 2.22. The number of nitrogens with two attached hydrogens (primary N) is 1. The molecule has 0 aliphatic heterocycles. The number of nitrogens with one attached hydrogen (secondary N) is 1. The summed E-state index contributed by atoms with van der Waals surface area (Å²) in [6.45, 7) is 0.445. The van der Waals surface area contributed by atoms with Crippen molar-refractivity contribution in [3.63, 3.8) is 0 Å². The van der Waals surface area contributed by atoms with Crippen molar-refractivity contribution >= 4 is 5.91 Å². The summed E-state index contributed by atoms with van der Waals surface area (Å²) in [5, 5.41) is 0. The van der Waals surface area contributed by atoms with Gasteiger partial charge in [-0.25, -0.2) is 0 Å². The molecule has 4 nitrogen and oxygen atoms in total. The predicted molar refractivity (Wildman–Crippen MR) is 58.8 cm³/mol. The second-order valence-corrected chi connectivity index (χ2v) is 4.22. The molecule has 0 radical (unpaired) electrons. The second-order valence-electron chi connectivity index (χ2n) is 4.22. The SMILES string of the molecule is NCC1(C(=O)Nn2cccc2)CCCC1. The van der Waals surface area contributed by atoms with Crippen LogP contribution < -0.4 is 11.2 Å². The molecule has 0 atom stereocenters. The second kappa shape index (κ2) is 4.06. The Bertz CT molecular complexity index is 326. The van der Waals surface area contributed by atoms with Gasteiger partial charge in [0.1, 0.15) is 0 Å². The minimum absolute atomic E-state index is 0.0544. The molecule has 1 aliphatic carbocycles. The van der Waals surface area contributed by atoms with Crippen molar-refractivity contribution in [2.24, 2.45) is 11.1 Å². The third kappa shape index (κ3) is 1.90. The summed E-state index contributed by atoms with van der Waals surface area (Å²) in [4.78, 5) is 12.1. The molecule has 1 aromatic heterocycles. The van der Waals surface area contributed by atoms with E-state index in [0.29, 0.717) is 6.54 Å². The normalized spacial score (nSPS) is 19.0. The first kappa shape index (κ1) is 10.2. The Morgan fingerprint density at radius 1 is 1.33 bits per heavy atom. The van der Waals surface area contributed by atoms with Crippen molar-refractivity contribution in [1.29, 1.82) is 0 Å². The Labute approximate surface area is 89.4 Å². The van der Waals surface area contributed by atoms with Gasteiger partial charge >= 0.3 is 0 Å². The van der Waals surface area contributed by atoms with Crippen molar-refractivity contribution in [3.05, 3.63) is 24.5 Å². The first-order chi connectivity index (χ1) is 7.27. The van der Waals surface area contributed by atoms with Gasteiger partial charge < -0.3 is 5.73 Å². The van der Waals surface area contributed by atoms with Gasteiger partial charge in [0.05, 0.1) is 5.41 Å². The van der Waals surface area contributed by atoms with Gasteiger partial charge in [-0.05, 0) is 25.0 Å². The molecule has 3 N–H and O–H groups in total. The summed E-state index contributed by atoms with van der Waals surface area (Å²) in [6.07, 6.45) is 7.67. The molecule has 0 bridgehead atoms. The molecule has 82 valence electrons. The van der Waals surface area contributed by atoms with Gasteiger partial charge in [0.25, 0.3) is 0 Å². The Hall–Kier alpha value is -1.29. The number of amides is 1. The molecule has 1 saturated carbocycles. The van der Waals surface area contributed by atoms with Crippen LogP contribution in [0.5, 0.6) is 0 Å². The van der Waals surface area contributed by atoms with Gasteiger partial charge in [-0.1, -0.05) is 12.8 Å². The van der Waals surface area contributed by atoms with Crippen LogP contribution >= 0.6 is 0 Å².